The van der Waals surface area contributed by atoms with Gasteiger partial charge in [-0.05, 0) is 30.4 Å². The third-order valence-corrected chi connectivity index (χ3v) is 3.12. The van der Waals surface area contributed by atoms with E-state index in [1.54, 1.807) is 7.05 Å². The Hall–Kier alpha value is -1.35. The topological polar surface area (TPSA) is 41.1 Å². The summed E-state index contributed by atoms with van der Waals surface area (Å²) in [6, 6.07) is 10.6. The summed E-state index contributed by atoms with van der Waals surface area (Å²) in [6.07, 6.45) is 1.24. The smallest absolute Gasteiger partial charge is 0.233 e. The van der Waals surface area contributed by atoms with Crippen LogP contribution in [0, 0.1) is 5.92 Å². The van der Waals surface area contributed by atoms with Crippen molar-refractivity contribution in [2.45, 2.75) is 12.3 Å². The normalized spacial score (nSPS) is 22.8. The molecule has 1 saturated carbocycles. The van der Waals surface area contributed by atoms with E-state index in [-0.39, 0.29) is 5.91 Å². The lowest BCUT2D eigenvalue weighted by atomic mass is 10.1. The van der Waals surface area contributed by atoms with Crippen LogP contribution in [0.25, 0.3) is 0 Å². The van der Waals surface area contributed by atoms with Gasteiger partial charge in [0, 0.05) is 7.05 Å². The first kappa shape index (κ1) is 11.1. The van der Waals surface area contributed by atoms with Crippen LogP contribution in [-0.4, -0.2) is 26.0 Å². The van der Waals surface area contributed by atoms with Crippen LogP contribution in [0.2, 0.25) is 0 Å². The Morgan fingerprint density at radius 1 is 1.38 bits per heavy atom. The number of carbonyl (C=O) groups is 1. The van der Waals surface area contributed by atoms with E-state index in [2.05, 4.69) is 34.9 Å². The standard InChI is InChI=1S/C13H18N2O/c1-14-13(16)9-15-8-11-7-12(11)10-5-3-2-4-6-10/h2-6,11-12,15H,7-9H2,1H3,(H,14,16). The predicted octanol–water partition coefficient (Wildman–Crippen LogP) is 1.13. The van der Waals surface area contributed by atoms with Crippen molar-refractivity contribution in [3.8, 4) is 0 Å². The van der Waals surface area contributed by atoms with Crippen LogP contribution >= 0.6 is 0 Å². The molecule has 0 spiro atoms. The molecule has 16 heavy (non-hydrogen) atoms. The van der Waals surface area contributed by atoms with Gasteiger partial charge in [0.15, 0.2) is 0 Å². The Bertz CT molecular complexity index is 350. The molecule has 1 aliphatic rings. The van der Waals surface area contributed by atoms with E-state index in [4.69, 9.17) is 0 Å². The van der Waals surface area contributed by atoms with Crippen molar-refractivity contribution < 1.29 is 4.79 Å². The molecule has 0 bridgehead atoms. The fourth-order valence-corrected chi connectivity index (χ4v) is 2.04. The lowest BCUT2D eigenvalue weighted by Crippen LogP contribution is -2.32. The summed E-state index contributed by atoms with van der Waals surface area (Å²) < 4.78 is 0. The summed E-state index contributed by atoms with van der Waals surface area (Å²) in [4.78, 5) is 11.0. The van der Waals surface area contributed by atoms with Gasteiger partial charge in [-0.15, -0.1) is 0 Å². The van der Waals surface area contributed by atoms with E-state index in [9.17, 15) is 4.79 Å². The van der Waals surface area contributed by atoms with Crippen molar-refractivity contribution in [2.24, 2.45) is 5.92 Å². The number of hydrogen-bond acceptors (Lipinski definition) is 2. The molecule has 1 fully saturated rings. The highest BCUT2D eigenvalue weighted by molar-refractivity contribution is 5.77. The molecule has 0 saturated heterocycles. The Morgan fingerprint density at radius 3 is 2.81 bits per heavy atom. The van der Waals surface area contributed by atoms with Crippen LogP contribution < -0.4 is 10.6 Å². The van der Waals surface area contributed by atoms with Crippen molar-refractivity contribution in [1.82, 2.24) is 10.6 Å². The fraction of sp³-hybridized carbons (Fsp3) is 0.462. The second-order valence-electron chi connectivity index (χ2n) is 4.32. The van der Waals surface area contributed by atoms with E-state index in [1.165, 1.54) is 12.0 Å². The average Bonchev–Trinajstić information content (AvgIpc) is 3.09. The Morgan fingerprint density at radius 2 is 2.12 bits per heavy atom. The average molecular weight is 218 g/mol. The predicted molar refractivity (Wildman–Crippen MR) is 64.2 cm³/mol. The first-order chi connectivity index (χ1) is 7.81. The largest absolute Gasteiger partial charge is 0.358 e. The third kappa shape index (κ3) is 2.83. The van der Waals surface area contributed by atoms with Gasteiger partial charge in [0.1, 0.15) is 0 Å². The molecule has 86 valence electrons. The van der Waals surface area contributed by atoms with E-state index in [1.807, 2.05) is 6.07 Å². The maximum Gasteiger partial charge on any atom is 0.233 e. The fourth-order valence-electron chi connectivity index (χ4n) is 2.04. The van der Waals surface area contributed by atoms with Gasteiger partial charge in [-0.3, -0.25) is 4.79 Å². The molecule has 0 aliphatic heterocycles. The van der Waals surface area contributed by atoms with Crippen LogP contribution in [0.4, 0.5) is 0 Å². The molecule has 2 rings (SSSR count). The number of hydrogen-bond donors (Lipinski definition) is 2. The van der Waals surface area contributed by atoms with E-state index in [0.29, 0.717) is 18.4 Å². The van der Waals surface area contributed by atoms with Crippen molar-refractivity contribution in [1.29, 1.82) is 0 Å². The minimum atomic E-state index is 0.0527. The van der Waals surface area contributed by atoms with Crippen LogP contribution in [0.15, 0.2) is 30.3 Å². The molecular formula is C13H18N2O. The molecule has 0 heterocycles. The Labute approximate surface area is 96.2 Å². The lowest BCUT2D eigenvalue weighted by molar-refractivity contribution is -0.119. The summed E-state index contributed by atoms with van der Waals surface area (Å²) in [5, 5.41) is 5.79. The van der Waals surface area contributed by atoms with Crippen molar-refractivity contribution in [3.05, 3.63) is 35.9 Å². The third-order valence-electron chi connectivity index (χ3n) is 3.12. The Balaban J connectivity index is 1.70. The summed E-state index contributed by atoms with van der Waals surface area (Å²) in [7, 11) is 1.66. The first-order valence-corrected chi connectivity index (χ1v) is 5.77. The van der Waals surface area contributed by atoms with Gasteiger partial charge >= 0.3 is 0 Å². The second kappa shape index (κ2) is 5.12. The molecule has 3 heteroatoms. The SMILES string of the molecule is CNC(=O)CNCC1CC1c1ccccc1. The maximum absolute atomic E-state index is 11.0. The molecule has 3 nitrogen and oxygen atoms in total. The van der Waals surface area contributed by atoms with Crippen LogP contribution in [0.5, 0.6) is 0 Å². The van der Waals surface area contributed by atoms with Gasteiger partial charge < -0.3 is 10.6 Å². The van der Waals surface area contributed by atoms with Crippen LogP contribution in [0.3, 0.4) is 0 Å². The van der Waals surface area contributed by atoms with Crippen LogP contribution in [-0.2, 0) is 4.79 Å². The quantitative estimate of drug-likeness (QED) is 0.777. The van der Waals surface area contributed by atoms with Gasteiger partial charge in [0.25, 0.3) is 0 Å². The summed E-state index contributed by atoms with van der Waals surface area (Å²) in [5.41, 5.74) is 1.43. The zero-order valence-corrected chi connectivity index (χ0v) is 9.57. The number of rotatable bonds is 5. The first-order valence-electron chi connectivity index (χ1n) is 5.77. The summed E-state index contributed by atoms with van der Waals surface area (Å²) in [5.74, 6) is 1.45. The molecule has 2 atom stereocenters. The van der Waals surface area contributed by atoms with Gasteiger partial charge in [-0.1, -0.05) is 30.3 Å². The molecule has 1 amide bonds. The summed E-state index contributed by atoms with van der Waals surface area (Å²) >= 11 is 0. The summed E-state index contributed by atoms with van der Waals surface area (Å²) in [6.45, 7) is 1.36. The van der Waals surface area contributed by atoms with Gasteiger partial charge in [0.2, 0.25) is 5.91 Å². The van der Waals surface area contributed by atoms with Gasteiger partial charge in [-0.2, -0.15) is 0 Å². The highest BCUT2D eigenvalue weighted by atomic mass is 16.1. The number of amides is 1. The molecule has 1 aromatic carbocycles. The molecule has 2 N–H and O–H groups in total. The monoisotopic (exact) mass is 218 g/mol. The zero-order valence-electron chi connectivity index (χ0n) is 9.57. The molecular weight excluding hydrogens is 200 g/mol. The van der Waals surface area contributed by atoms with Gasteiger partial charge in [0.05, 0.1) is 6.54 Å². The number of benzene rings is 1. The van der Waals surface area contributed by atoms with Crippen molar-refractivity contribution in [3.63, 3.8) is 0 Å². The molecule has 0 radical (unpaired) electrons. The molecule has 1 aliphatic carbocycles. The molecule has 0 aromatic heterocycles. The highest BCUT2D eigenvalue weighted by Crippen LogP contribution is 2.46. The second-order valence-corrected chi connectivity index (χ2v) is 4.32. The van der Waals surface area contributed by atoms with Gasteiger partial charge in [-0.25, -0.2) is 0 Å². The molecule has 2 unspecified atom stereocenters. The minimum Gasteiger partial charge on any atom is -0.358 e. The van der Waals surface area contributed by atoms with Crippen LogP contribution in [0.1, 0.15) is 17.9 Å². The van der Waals surface area contributed by atoms with E-state index < -0.39 is 0 Å². The Kier molecular flexibility index (Phi) is 3.57. The minimum absolute atomic E-state index is 0.0527. The highest BCUT2D eigenvalue weighted by Gasteiger charge is 2.37. The van der Waals surface area contributed by atoms with Crippen molar-refractivity contribution >= 4 is 5.91 Å². The zero-order chi connectivity index (χ0) is 11.4. The number of carbonyl (C=O) groups excluding carboxylic acids is 1. The maximum atomic E-state index is 11.0. The number of nitrogens with one attached hydrogen (secondary N) is 2. The molecule has 1 aromatic rings. The van der Waals surface area contributed by atoms with E-state index in [0.717, 1.165) is 6.54 Å². The number of likely N-dealkylation sites (N-methyl/N-ethyl adjacent to an activating group) is 1. The lowest BCUT2D eigenvalue weighted by Gasteiger charge is -2.03. The van der Waals surface area contributed by atoms with E-state index >= 15 is 0 Å². The van der Waals surface area contributed by atoms with Crippen molar-refractivity contribution in [2.75, 3.05) is 20.1 Å².